The highest BCUT2D eigenvalue weighted by atomic mass is 35.5. The van der Waals surface area contributed by atoms with Crippen LogP contribution in [0, 0.1) is 0 Å². The Kier molecular flexibility index (Phi) is 8.35. The van der Waals surface area contributed by atoms with Gasteiger partial charge in [0.15, 0.2) is 0 Å². The van der Waals surface area contributed by atoms with Crippen molar-refractivity contribution in [1.29, 1.82) is 0 Å². The Labute approximate surface area is 142 Å². The number of rotatable bonds is 6. The summed E-state index contributed by atoms with van der Waals surface area (Å²) >= 11 is 5.72. The Hall–Kier alpha value is -0.860. The van der Waals surface area contributed by atoms with Gasteiger partial charge in [-0.15, -0.1) is 12.4 Å². The molecule has 1 aromatic rings. The Balaban J connectivity index is 0.00000441. The molecule has 0 saturated heterocycles. The second kappa shape index (κ2) is 8.69. The molecule has 9 heteroatoms. The molecule has 0 saturated carbocycles. The summed E-state index contributed by atoms with van der Waals surface area (Å²) in [6.07, 6.45) is 0. The highest BCUT2D eigenvalue weighted by Crippen LogP contribution is 2.14. The molecular formula is C13H21Cl2N3O3S. The lowest BCUT2D eigenvalue weighted by molar-refractivity contribution is -0.132. The van der Waals surface area contributed by atoms with Crippen molar-refractivity contribution in [2.24, 2.45) is 5.73 Å². The van der Waals surface area contributed by atoms with Gasteiger partial charge in [-0.1, -0.05) is 11.6 Å². The molecule has 6 nitrogen and oxygen atoms in total. The number of nitrogens with one attached hydrogen (secondary N) is 1. The summed E-state index contributed by atoms with van der Waals surface area (Å²) in [6, 6.07) is 4.67. The third-order valence-electron chi connectivity index (χ3n) is 3.18. The molecule has 0 aliphatic carbocycles. The van der Waals surface area contributed by atoms with Crippen LogP contribution in [0.2, 0.25) is 5.02 Å². The van der Waals surface area contributed by atoms with E-state index in [1.165, 1.54) is 36.1 Å². The number of hydrogen-bond donors (Lipinski definition) is 2. The van der Waals surface area contributed by atoms with Crippen LogP contribution in [0.25, 0.3) is 0 Å². The largest absolute Gasteiger partial charge is 0.340 e. The molecule has 2 atom stereocenters. The minimum atomic E-state index is -3.77. The molecule has 0 fully saturated rings. The first-order valence-corrected chi connectivity index (χ1v) is 8.29. The van der Waals surface area contributed by atoms with Crippen LogP contribution in [0.3, 0.4) is 0 Å². The summed E-state index contributed by atoms with van der Waals surface area (Å²) in [6.45, 7) is 3.59. The summed E-state index contributed by atoms with van der Waals surface area (Å²) in [5, 5.41) is 0.439. The van der Waals surface area contributed by atoms with E-state index in [1.54, 1.807) is 14.0 Å². The molecule has 0 aliphatic rings. The fourth-order valence-electron chi connectivity index (χ4n) is 1.65. The quantitative estimate of drug-likeness (QED) is 0.788. The zero-order chi connectivity index (χ0) is 16.2. The highest BCUT2D eigenvalue weighted by molar-refractivity contribution is 7.89. The molecule has 0 spiro atoms. The first-order chi connectivity index (χ1) is 9.69. The Morgan fingerprint density at radius 1 is 1.32 bits per heavy atom. The van der Waals surface area contributed by atoms with Gasteiger partial charge in [0.25, 0.3) is 0 Å². The number of halogens is 2. The average Bonchev–Trinajstić information content (AvgIpc) is 2.44. The maximum absolute atomic E-state index is 12.2. The molecule has 22 heavy (non-hydrogen) atoms. The van der Waals surface area contributed by atoms with Crippen LogP contribution in [0.5, 0.6) is 0 Å². The third kappa shape index (κ3) is 5.40. The molecule has 1 rings (SSSR count). The van der Waals surface area contributed by atoms with Gasteiger partial charge < -0.3 is 10.6 Å². The second-order valence-corrected chi connectivity index (χ2v) is 6.98. The van der Waals surface area contributed by atoms with Gasteiger partial charge in [-0.2, -0.15) is 4.72 Å². The first-order valence-electron chi connectivity index (χ1n) is 6.43. The van der Waals surface area contributed by atoms with Crippen molar-refractivity contribution in [2.75, 3.05) is 13.6 Å². The Morgan fingerprint density at radius 3 is 2.27 bits per heavy atom. The predicted molar refractivity (Wildman–Crippen MR) is 89.8 cm³/mol. The summed E-state index contributed by atoms with van der Waals surface area (Å²) in [7, 11) is -2.18. The van der Waals surface area contributed by atoms with Crippen LogP contribution in [-0.2, 0) is 14.8 Å². The number of likely N-dealkylation sites (N-methyl/N-ethyl adjacent to an activating group) is 1. The zero-order valence-corrected chi connectivity index (χ0v) is 15.0. The van der Waals surface area contributed by atoms with Gasteiger partial charge in [0.05, 0.1) is 10.9 Å². The van der Waals surface area contributed by atoms with E-state index >= 15 is 0 Å². The minimum absolute atomic E-state index is 0. The van der Waals surface area contributed by atoms with E-state index in [4.69, 9.17) is 17.3 Å². The van der Waals surface area contributed by atoms with Gasteiger partial charge in [0, 0.05) is 24.7 Å². The van der Waals surface area contributed by atoms with Crippen molar-refractivity contribution >= 4 is 39.9 Å². The normalized spacial score (nSPS) is 13.9. The van der Waals surface area contributed by atoms with Crippen molar-refractivity contribution in [1.82, 2.24) is 9.62 Å². The van der Waals surface area contributed by atoms with Gasteiger partial charge in [0.2, 0.25) is 15.9 Å². The van der Waals surface area contributed by atoms with E-state index in [9.17, 15) is 13.2 Å². The SMILES string of the molecule is CC(NS(=O)(=O)c1ccc(Cl)cc1)C(=O)N(C)C(C)CN.Cl. The first kappa shape index (κ1) is 21.1. The summed E-state index contributed by atoms with van der Waals surface area (Å²) in [4.78, 5) is 13.6. The lowest BCUT2D eigenvalue weighted by atomic mass is 10.2. The lowest BCUT2D eigenvalue weighted by Crippen LogP contribution is -2.49. The van der Waals surface area contributed by atoms with Crippen LogP contribution >= 0.6 is 24.0 Å². The molecule has 2 unspecified atom stereocenters. The van der Waals surface area contributed by atoms with Crippen molar-refractivity contribution in [3.05, 3.63) is 29.3 Å². The third-order valence-corrected chi connectivity index (χ3v) is 4.98. The van der Waals surface area contributed by atoms with Crippen LogP contribution in [0.4, 0.5) is 0 Å². The van der Waals surface area contributed by atoms with Crippen molar-refractivity contribution in [2.45, 2.75) is 30.8 Å². The fourth-order valence-corrected chi connectivity index (χ4v) is 2.97. The van der Waals surface area contributed by atoms with E-state index in [0.29, 0.717) is 11.6 Å². The average molecular weight is 370 g/mol. The van der Waals surface area contributed by atoms with Gasteiger partial charge in [-0.3, -0.25) is 4.79 Å². The number of sulfonamides is 1. The van der Waals surface area contributed by atoms with Crippen molar-refractivity contribution in [3.8, 4) is 0 Å². The molecule has 1 amide bonds. The van der Waals surface area contributed by atoms with E-state index in [1.807, 2.05) is 0 Å². The number of nitrogens with two attached hydrogens (primary N) is 1. The van der Waals surface area contributed by atoms with Crippen LogP contribution < -0.4 is 10.5 Å². The number of benzene rings is 1. The molecule has 0 aliphatic heterocycles. The van der Waals surface area contributed by atoms with Gasteiger partial charge >= 0.3 is 0 Å². The van der Waals surface area contributed by atoms with E-state index < -0.39 is 16.1 Å². The standard InChI is InChI=1S/C13H20ClN3O3S.ClH/c1-9(8-15)17(3)13(18)10(2)16-21(19,20)12-6-4-11(14)5-7-12;/h4-7,9-10,16H,8,15H2,1-3H3;1H. The predicted octanol–water partition coefficient (Wildman–Crippen LogP) is 1.23. The van der Waals surface area contributed by atoms with Crippen molar-refractivity contribution < 1.29 is 13.2 Å². The minimum Gasteiger partial charge on any atom is -0.340 e. The monoisotopic (exact) mass is 369 g/mol. The number of carbonyl (C=O) groups excluding carboxylic acids is 1. The molecule has 126 valence electrons. The summed E-state index contributed by atoms with van der Waals surface area (Å²) in [5.41, 5.74) is 5.50. The van der Waals surface area contributed by atoms with Gasteiger partial charge in [-0.05, 0) is 38.1 Å². The Morgan fingerprint density at radius 2 is 1.82 bits per heavy atom. The molecule has 0 aromatic heterocycles. The second-order valence-electron chi connectivity index (χ2n) is 4.83. The van der Waals surface area contributed by atoms with E-state index in [2.05, 4.69) is 4.72 Å². The number of hydrogen-bond acceptors (Lipinski definition) is 4. The maximum atomic E-state index is 12.2. The van der Waals surface area contributed by atoms with Crippen LogP contribution in [0.15, 0.2) is 29.2 Å². The van der Waals surface area contributed by atoms with Crippen molar-refractivity contribution in [3.63, 3.8) is 0 Å². The highest BCUT2D eigenvalue weighted by Gasteiger charge is 2.25. The fraction of sp³-hybridized carbons (Fsp3) is 0.462. The number of amides is 1. The molecule has 0 radical (unpaired) electrons. The molecule has 1 aromatic carbocycles. The Bertz CT molecular complexity index is 593. The van der Waals surface area contributed by atoms with E-state index in [-0.39, 0.29) is 29.3 Å². The van der Waals surface area contributed by atoms with E-state index in [0.717, 1.165) is 0 Å². The summed E-state index contributed by atoms with van der Waals surface area (Å²) < 4.78 is 26.7. The van der Waals surface area contributed by atoms with Gasteiger partial charge in [0.1, 0.15) is 0 Å². The van der Waals surface area contributed by atoms with Crippen LogP contribution in [0.1, 0.15) is 13.8 Å². The number of nitrogens with zero attached hydrogens (tertiary/aromatic N) is 1. The summed E-state index contributed by atoms with van der Waals surface area (Å²) in [5.74, 6) is -0.342. The maximum Gasteiger partial charge on any atom is 0.241 e. The van der Waals surface area contributed by atoms with Crippen LogP contribution in [-0.4, -0.2) is 44.9 Å². The topological polar surface area (TPSA) is 92.5 Å². The molecule has 0 heterocycles. The number of carbonyl (C=O) groups is 1. The molecule has 3 N–H and O–H groups in total. The zero-order valence-electron chi connectivity index (χ0n) is 12.6. The van der Waals surface area contributed by atoms with Gasteiger partial charge in [-0.25, -0.2) is 8.42 Å². The smallest absolute Gasteiger partial charge is 0.241 e. The lowest BCUT2D eigenvalue weighted by Gasteiger charge is -2.27. The molecular weight excluding hydrogens is 349 g/mol. The molecule has 0 bridgehead atoms.